The van der Waals surface area contributed by atoms with Gasteiger partial charge >= 0.3 is 0 Å². The zero-order chi connectivity index (χ0) is 12.7. The number of ether oxygens (including phenoxy) is 2. The van der Waals surface area contributed by atoms with Crippen LogP contribution < -0.4 is 15.8 Å². The van der Waals surface area contributed by atoms with E-state index in [0.717, 1.165) is 5.69 Å². The molecule has 0 bridgehead atoms. The Morgan fingerprint density at radius 2 is 2.06 bits per heavy atom. The van der Waals surface area contributed by atoms with Crippen LogP contribution in [-0.2, 0) is 9.53 Å². The maximum atomic E-state index is 10.5. The fraction of sp³-hybridized carbons (Fsp3) is 0.417. The van der Waals surface area contributed by atoms with E-state index in [1.54, 1.807) is 19.2 Å². The summed E-state index contributed by atoms with van der Waals surface area (Å²) in [5, 5.41) is 3.26. The van der Waals surface area contributed by atoms with E-state index in [2.05, 4.69) is 5.32 Å². The second-order valence-corrected chi connectivity index (χ2v) is 3.78. The first-order valence-electron chi connectivity index (χ1n) is 5.38. The molecule has 0 radical (unpaired) electrons. The molecule has 3 N–H and O–H groups in total. The molecule has 0 aliphatic carbocycles. The Labute approximate surface area is 101 Å². The number of anilines is 1. The number of amides is 1. The van der Waals surface area contributed by atoms with Gasteiger partial charge in [-0.25, -0.2) is 0 Å². The fourth-order valence-electron chi connectivity index (χ4n) is 1.38. The van der Waals surface area contributed by atoms with Gasteiger partial charge in [0.1, 0.15) is 5.75 Å². The average Bonchev–Trinajstić information content (AvgIpc) is 2.28. The maximum absolute atomic E-state index is 10.5. The van der Waals surface area contributed by atoms with Gasteiger partial charge in [0.25, 0.3) is 5.91 Å². The van der Waals surface area contributed by atoms with Crippen molar-refractivity contribution in [2.24, 2.45) is 5.73 Å². The molecule has 0 aliphatic rings. The summed E-state index contributed by atoms with van der Waals surface area (Å²) in [4.78, 5) is 10.5. The number of methoxy groups -OCH3 is 1. The van der Waals surface area contributed by atoms with Crippen LogP contribution in [0.15, 0.2) is 24.3 Å². The minimum Gasteiger partial charge on any atom is -0.484 e. The number of carbonyl (C=O) groups excluding carboxylic acids is 1. The van der Waals surface area contributed by atoms with E-state index >= 15 is 0 Å². The van der Waals surface area contributed by atoms with Crippen LogP contribution in [0.2, 0.25) is 0 Å². The smallest absolute Gasteiger partial charge is 0.255 e. The average molecular weight is 238 g/mol. The van der Waals surface area contributed by atoms with Gasteiger partial charge in [0, 0.05) is 18.8 Å². The molecular weight excluding hydrogens is 220 g/mol. The summed E-state index contributed by atoms with van der Waals surface area (Å²) in [5.74, 6) is 0.134. The summed E-state index contributed by atoms with van der Waals surface area (Å²) >= 11 is 0. The lowest BCUT2D eigenvalue weighted by atomic mass is 10.2. The van der Waals surface area contributed by atoms with Gasteiger partial charge in [-0.05, 0) is 31.2 Å². The van der Waals surface area contributed by atoms with Crippen molar-refractivity contribution in [1.29, 1.82) is 0 Å². The summed E-state index contributed by atoms with van der Waals surface area (Å²) < 4.78 is 10.2. The van der Waals surface area contributed by atoms with Gasteiger partial charge < -0.3 is 20.5 Å². The van der Waals surface area contributed by atoms with Crippen molar-refractivity contribution in [2.75, 3.05) is 25.6 Å². The lowest BCUT2D eigenvalue weighted by Crippen LogP contribution is -2.21. The first-order chi connectivity index (χ1) is 8.11. The molecular formula is C12H18N2O3. The Morgan fingerprint density at radius 3 is 2.59 bits per heavy atom. The number of rotatable bonds is 7. The molecule has 5 nitrogen and oxygen atoms in total. The highest BCUT2D eigenvalue weighted by Gasteiger charge is 2.02. The Balaban J connectivity index is 2.47. The normalized spacial score (nSPS) is 11.9. The van der Waals surface area contributed by atoms with Gasteiger partial charge in [-0.2, -0.15) is 0 Å². The van der Waals surface area contributed by atoms with Crippen LogP contribution in [0.5, 0.6) is 5.75 Å². The third-order valence-electron chi connectivity index (χ3n) is 2.07. The molecule has 1 amide bonds. The molecule has 0 saturated carbocycles. The monoisotopic (exact) mass is 238 g/mol. The largest absolute Gasteiger partial charge is 0.484 e. The first-order valence-corrected chi connectivity index (χ1v) is 5.38. The molecule has 5 heteroatoms. The number of benzene rings is 1. The van der Waals surface area contributed by atoms with Crippen molar-refractivity contribution < 1.29 is 14.3 Å². The van der Waals surface area contributed by atoms with Crippen LogP contribution >= 0.6 is 0 Å². The standard InChI is InChI=1S/C12H18N2O3/c1-9(7-16-2)14-10-3-5-11(6-4-10)17-8-12(13)15/h3-6,9,14H,7-8H2,1-2H3,(H2,13,15). The molecule has 1 rings (SSSR count). The van der Waals surface area contributed by atoms with Crippen molar-refractivity contribution in [2.45, 2.75) is 13.0 Å². The van der Waals surface area contributed by atoms with Gasteiger partial charge in [-0.1, -0.05) is 0 Å². The van der Waals surface area contributed by atoms with Crippen LogP contribution in [0.1, 0.15) is 6.92 Å². The minimum absolute atomic E-state index is 0.104. The zero-order valence-electron chi connectivity index (χ0n) is 10.1. The van der Waals surface area contributed by atoms with Gasteiger partial charge in [-0.15, -0.1) is 0 Å². The number of nitrogens with two attached hydrogens (primary N) is 1. The molecule has 0 spiro atoms. The molecule has 1 atom stereocenters. The summed E-state index contributed by atoms with van der Waals surface area (Å²) in [7, 11) is 1.67. The Bertz CT molecular complexity index is 351. The number of primary amides is 1. The highest BCUT2D eigenvalue weighted by Crippen LogP contribution is 2.16. The summed E-state index contributed by atoms with van der Waals surface area (Å²) in [6.07, 6.45) is 0. The topological polar surface area (TPSA) is 73.6 Å². The van der Waals surface area contributed by atoms with Crippen LogP contribution in [0.4, 0.5) is 5.69 Å². The summed E-state index contributed by atoms with van der Waals surface area (Å²) in [6.45, 7) is 2.56. The van der Waals surface area contributed by atoms with E-state index in [4.69, 9.17) is 15.2 Å². The van der Waals surface area contributed by atoms with Gasteiger partial charge in [0.15, 0.2) is 6.61 Å². The van der Waals surface area contributed by atoms with Crippen molar-refractivity contribution in [3.05, 3.63) is 24.3 Å². The predicted octanol–water partition coefficient (Wildman–Crippen LogP) is 0.998. The van der Waals surface area contributed by atoms with Crippen LogP contribution in [-0.4, -0.2) is 32.3 Å². The minimum atomic E-state index is -0.485. The Kier molecular flexibility index (Phi) is 5.29. The summed E-state index contributed by atoms with van der Waals surface area (Å²) in [6, 6.07) is 7.55. The third-order valence-corrected chi connectivity index (χ3v) is 2.07. The molecule has 0 heterocycles. The first kappa shape index (κ1) is 13.3. The molecule has 0 fully saturated rings. The van der Waals surface area contributed by atoms with Crippen molar-refractivity contribution in [3.63, 3.8) is 0 Å². The second kappa shape index (κ2) is 6.75. The molecule has 1 aromatic carbocycles. The van der Waals surface area contributed by atoms with Gasteiger partial charge in [0.05, 0.1) is 6.61 Å². The van der Waals surface area contributed by atoms with Crippen LogP contribution in [0.3, 0.4) is 0 Å². The van der Waals surface area contributed by atoms with Gasteiger partial charge in [-0.3, -0.25) is 4.79 Å². The molecule has 17 heavy (non-hydrogen) atoms. The number of hydrogen-bond acceptors (Lipinski definition) is 4. The lowest BCUT2D eigenvalue weighted by Gasteiger charge is -2.14. The molecule has 0 aliphatic heterocycles. The van der Waals surface area contributed by atoms with Crippen molar-refractivity contribution >= 4 is 11.6 Å². The fourth-order valence-corrected chi connectivity index (χ4v) is 1.38. The van der Waals surface area contributed by atoms with Crippen LogP contribution in [0.25, 0.3) is 0 Å². The van der Waals surface area contributed by atoms with Crippen molar-refractivity contribution in [1.82, 2.24) is 0 Å². The number of hydrogen-bond donors (Lipinski definition) is 2. The second-order valence-electron chi connectivity index (χ2n) is 3.78. The van der Waals surface area contributed by atoms with Crippen LogP contribution in [0, 0.1) is 0 Å². The van der Waals surface area contributed by atoms with E-state index in [1.165, 1.54) is 0 Å². The SMILES string of the molecule is COCC(C)Nc1ccc(OCC(N)=O)cc1. The van der Waals surface area contributed by atoms with Crippen molar-refractivity contribution in [3.8, 4) is 5.75 Å². The van der Waals surface area contributed by atoms with E-state index in [9.17, 15) is 4.79 Å². The highest BCUT2D eigenvalue weighted by molar-refractivity contribution is 5.75. The zero-order valence-corrected chi connectivity index (χ0v) is 10.1. The van der Waals surface area contributed by atoms with E-state index in [0.29, 0.717) is 12.4 Å². The molecule has 94 valence electrons. The van der Waals surface area contributed by atoms with E-state index in [1.807, 2.05) is 19.1 Å². The third kappa shape index (κ3) is 5.21. The molecule has 1 unspecified atom stereocenters. The highest BCUT2D eigenvalue weighted by atomic mass is 16.5. The van der Waals surface area contributed by atoms with Gasteiger partial charge in [0.2, 0.25) is 0 Å². The quantitative estimate of drug-likeness (QED) is 0.743. The predicted molar refractivity (Wildman–Crippen MR) is 66.1 cm³/mol. The lowest BCUT2D eigenvalue weighted by molar-refractivity contribution is -0.119. The molecule has 0 aromatic heterocycles. The maximum Gasteiger partial charge on any atom is 0.255 e. The molecule has 1 aromatic rings. The van der Waals surface area contributed by atoms with E-state index in [-0.39, 0.29) is 12.6 Å². The number of nitrogens with one attached hydrogen (secondary N) is 1. The number of carbonyl (C=O) groups is 1. The summed E-state index contributed by atoms with van der Waals surface area (Å²) in [5.41, 5.74) is 5.95. The van der Waals surface area contributed by atoms with E-state index < -0.39 is 5.91 Å². The molecule has 0 saturated heterocycles. The Hall–Kier alpha value is -1.75. The Morgan fingerprint density at radius 1 is 1.41 bits per heavy atom.